The monoisotopic (exact) mass is 256 g/mol. The number of benzene rings is 1. The highest BCUT2D eigenvalue weighted by Crippen LogP contribution is 2.30. The van der Waals surface area contributed by atoms with E-state index in [4.69, 9.17) is 5.11 Å². The number of hydrogen-bond donors (Lipinski definition) is 1. The molecule has 0 bridgehead atoms. The molecule has 0 spiro atoms. The molecule has 0 heterocycles. The molecule has 0 radical (unpaired) electrons. The summed E-state index contributed by atoms with van der Waals surface area (Å²) in [6.07, 6.45) is 8.73. The molecule has 0 saturated heterocycles. The van der Waals surface area contributed by atoms with Gasteiger partial charge in [0.05, 0.1) is 5.56 Å². The smallest absolute Gasteiger partial charge is 0.336 e. The second-order valence-electron chi connectivity index (χ2n) is 5.33. The lowest BCUT2D eigenvalue weighted by molar-refractivity contribution is 0.0696. The van der Waals surface area contributed by atoms with E-state index in [1.807, 2.05) is 18.2 Å². The summed E-state index contributed by atoms with van der Waals surface area (Å²) >= 11 is 0. The van der Waals surface area contributed by atoms with E-state index in [9.17, 15) is 4.79 Å². The average Bonchev–Trinajstić information content (AvgIpc) is 2.38. The quantitative estimate of drug-likeness (QED) is 0.814. The van der Waals surface area contributed by atoms with Crippen molar-refractivity contribution in [1.29, 1.82) is 0 Å². The highest BCUT2D eigenvalue weighted by atomic mass is 16.4. The standard InChI is InChI=1S/C17H20O2/c1-12-7-8-14(13(2)11-12)9-10-15-5-3-4-6-16(15)17(18)19/h3-6,9-11,13-14H,7-8H2,1-2H3,(H,18,19). The van der Waals surface area contributed by atoms with Crippen molar-refractivity contribution in [2.75, 3.05) is 0 Å². The predicted octanol–water partition coefficient (Wildman–Crippen LogP) is 4.39. The van der Waals surface area contributed by atoms with Crippen LogP contribution >= 0.6 is 0 Å². The number of carboxylic acids is 1. The zero-order valence-electron chi connectivity index (χ0n) is 11.5. The SMILES string of the molecule is CC1=CC(C)C(C=Cc2ccccc2C(=O)O)CC1. The van der Waals surface area contributed by atoms with Crippen molar-refractivity contribution >= 4 is 12.0 Å². The normalized spacial score (nSPS) is 23.4. The highest BCUT2D eigenvalue weighted by molar-refractivity contribution is 5.92. The third-order valence-corrected chi connectivity index (χ3v) is 3.81. The van der Waals surface area contributed by atoms with E-state index < -0.39 is 5.97 Å². The minimum atomic E-state index is -0.868. The molecule has 0 aromatic heterocycles. The van der Waals surface area contributed by atoms with Gasteiger partial charge in [-0.3, -0.25) is 0 Å². The van der Waals surface area contributed by atoms with Gasteiger partial charge >= 0.3 is 5.97 Å². The first kappa shape index (κ1) is 13.6. The molecule has 1 aliphatic rings. The molecule has 1 aliphatic carbocycles. The second-order valence-corrected chi connectivity index (χ2v) is 5.33. The van der Waals surface area contributed by atoms with E-state index in [1.165, 1.54) is 5.57 Å². The minimum Gasteiger partial charge on any atom is -0.478 e. The molecule has 2 unspecified atom stereocenters. The molecule has 1 N–H and O–H groups in total. The van der Waals surface area contributed by atoms with E-state index in [0.29, 0.717) is 17.4 Å². The molecule has 1 aromatic rings. The molecule has 0 aliphatic heterocycles. The molecular formula is C17H20O2. The van der Waals surface area contributed by atoms with Gasteiger partial charge in [-0.1, -0.05) is 48.9 Å². The fourth-order valence-corrected chi connectivity index (χ4v) is 2.65. The van der Waals surface area contributed by atoms with Gasteiger partial charge in [-0.05, 0) is 43.2 Å². The van der Waals surface area contributed by atoms with Crippen LogP contribution in [0.4, 0.5) is 0 Å². The van der Waals surface area contributed by atoms with E-state index in [1.54, 1.807) is 12.1 Å². The van der Waals surface area contributed by atoms with Crippen LogP contribution in [-0.4, -0.2) is 11.1 Å². The molecule has 100 valence electrons. The Hall–Kier alpha value is -1.83. The topological polar surface area (TPSA) is 37.3 Å². The van der Waals surface area contributed by atoms with Gasteiger partial charge in [-0.2, -0.15) is 0 Å². The summed E-state index contributed by atoms with van der Waals surface area (Å²) in [6.45, 7) is 4.40. The van der Waals surface area contributed by atoms with Crippen molar-refractivity contribution in [3.8, 4) is 0 Å². The Morgan fingerprint density at radius 2 is 2.11 bits per heavy atom. The molecule has 2 heteroatoms. The van der Waals surface area contributed by atoms with Crippen LogP contribution in [0.3, 0.4) is 0 Å². The molecule has 2 nitrogen and oxygen atoms in total. The van der Waals surface area contributed by atoms with Crippen LogP contribution in [0.2, 0.25) is 0 Å². The largest absolute Gasteiger partial charge is 0.478 e. The van der Waals surface area contributed by atoms with Crippen LogP contribution in [0, 0.1) is 11.8 Å². The molecule has 0 fully saturated rings. The second kappa shape index (κ2) is 5.87. The van der Waals surface area contributed by atoms with Gasteiger partial charge in [0.1, 0.15) is 0 Å². The first-order chi connectivity index (χ1) is 9.08. The van der Waals surface area contributed by atoms with E-state index in [2.05, 4.69) is 26.0 Å². The van der Waals surface area contributed by atoms with E-state index in [0.717, 1.165) is 18.4 Å². The number of hydrogen-bond acceptors (Lipinski definition) is 1. The number of allylic oxidation sites excluding steroid dienone is 3. The van der Waals surface area contributed by atoms with Gasteiger partial charge in [0, 0.05) is 0 Å². The molecule has 2 atom stereocenters. The molecule has 1 aromatic carbocycles. The lowest BCUT2D eigenvalue weighted by Gasteiger charge is -2.24. The first-order valence-corrected chi connectivity index (χ1v) is 6.75. The Labute approximate surface area is 114 Å². The van der Waals surface area contributed by atoms with E-state index >= 15 is 0 Å². The van der Waals surface area contributed by atoms with Crippen molar-refractivity contribution in [2.45, 2.75) is 26.7 Å². The van der Waals surface area contributed by atoms with Crippen molar-refractivity contribution in [1.82, 2.24) is 0 Å². The fraction of sp³-hybridized carbons (Fsp3) is 0.353. The third kappa shape index (κ3) is 3.34. The maximum absolute atomic E-state index is 11.1. The number of rotatable bonds is 3. The third-order valence-electron chi connectivity index (χ3n) is 3.81. The van der Waals surface area contributed by atoms with Crippen LogP contribution < -0.4 is 0 Å². The molecule has 19 heavy (non-hydrogen) atoms. The summed E-state index contributed by atoms with van der Waals surface area (Å²) < 4.78 is 0. The molecule has 0 amide bonds. The molecule has 0 saturated carbocycles. The minimum absolute atomic E-state index is 0.369. The first-order valence-electron chi connectivity index (χ1n) is 6.75. The Balaban J connectivity index is 2.18. The predicted molar refractivity (Wildman–Crippen MR) is 78.1 cm³/mol. The van der Waals surface area contributed by atoms with Crippen molar-refractivity contribution in [2.24, 2.45) is 11.8 Å². The van der Waals surface area contributed by atoms with Gasteiger partial charge in [-0.15, -0.1) is 0 Å². The zero-order chi connectivity index (χ0) is 13.8. The summed E-state index contributed by atoms with van der Waals surface area (Å²) in [4.78, 5) is 11.1. The van der Waals surface area contributed by atoms with Gasteiger partial charge in [0.2, 0.25) is 0 Å². The maximum atomic E-state index is 11.1. The highest BCUT2D eigenvalue weighted by Gasteiger charge is 2.17. The van der Waals surface area contributed by atoms with E-state index in [-0.39, 0.29) is 0 Å². The fourth-order valence-electron chi connectivity index (χ4n) is 2.65. The maximum Gasteiger partial charge on any atom is 0.336 e. The zero-order valence-corrected chi connectivity index (χ0v) is 11.5. The van der Waals surface area contributed by atoms with Gasteiger partial charge < -0.3 is 5.11 Å². The van der Waals surface area contributed by atoms with Crippen LogP contribution in [0.15, 0.2) is 42.0 Å². The van der Waals surface area contributed by atoms with Crippen molar-refractivity contribution in [3.63, 3.8) is 0 Å². The van der Waals surface area contributed by atoms with Crippen LogP contribution in [-0.2, 0) is 0 Å². The average molecular weight is 256 g/mol. The summed E-state index contributed by atoms with van der Waals surface area (Å²) in [7, 11) is 0. The van der Waals surface area contributed by atoms with Crippen LogP contribution in [0.25, 0.3) is 6.08 Å². The number of carbonyl (C=O) groups is 1. The summed E-state index contributed by atoms with van der Waals surface area (Å²) in [5, 5.41) is 9.15. The Kier molecular flexibility index (Phi) is 4.20. The molecule has 2 rings (SSSR count). The summed E-state index contributed by atoms with van der Waals surface area (Å²) in [5.74, 6) is 0.167. The number of carboxylic acid groups (broad SMARTS) is 1. The number of aromatic carboxylic acids is 1. The Morgan fingerprint density at radius 3 is 2.79 bits per heavy atom. The van der Waals surface area contributed by atoms with Gasteiger partial charge in [-0.25, -0.2) is 4.79 Å². The lowest BCUT2D eigenvalue weighted by atomic mass is 9.82. The lowest BCUT2D eigenvalue weighted by Crippen LogP contribution is -2.12. The van der Waals surface area contributed by atoms with Gasteiger partial charge in [0.25, 0.3) is 0 Å². The Morgan fingerprint density at radius 1 is 1.37 bits per heavy atom. The van der Waals surface area contributed by atoms with Crippen LogP contribution in [0.5, 0.6) is 0 Å². The summed E-state index contributed by atoms with van der Waals surface area (Å²) in [5.41, 5.74) is 2.62. The molecular weight excluding hydrogens is 236 g/mol. The van der Waals surface area contributed by atoms with Crippen molar-refractivity contribution < 1.29 is 9.90 Å². The van der Waals surface area contributed by atoms with Gasteiger partial charge in [0.15, 0.2) is 0 Å². The van der Waals surface area contributed by atoms with Crippen LogP contribution in [0.1, 0.15) is 42.6 Å². The Bertz CT molecular complexity index is 526. The van der Waals surface area contributed by atoms with Crippen molar-refractivity contribution in [3.05, 3.63) is 53.1 Å². The summed E-state index contributed by atoms with van der Waals surface area (Å²) in [6, 6.07) is 7.14.